The van der Waals surface area contributed by atoms with Crippen LogP contribution in [0.3, 0.4) is 0 Å². The van der Waals surface area contributed by atoms with Gasteiger partial charge < -0.3 is 0 Å². The van der Waals surface area contributed by atoms with Crippen molar-refractivity contribution < 1.29 is 22.5 Å². The molecule has 0 atom stereocenters. The third-order valence-electron chi connectivity index (χ3n) is 1.32. The fraction of sp³-hybridized carbons (Fsp3) is 0. The van der Waals surface area contributed by atoms with Crippen LogP contribution in [0.5, 0.6) is 0 Å². The normalized spacial score (nSPS) is 11.6. The zero-order valence-electron chi connectivity index (χ0n) is 6.74. The molecule has 0 radical (unpaired) electrons. The van der Waals surface area contributed by atoms with Gasteiger partial charge in [0.1, 0.15) is 0 Å². The average molecular weight is 401 g/mol. The van der Waals surface area contributed by atoms with Gasteiger partial charge in [-0.2, -0.15) is 0 Å². The Balaban J connectivity index is 2.60. The molecule has 0 aromatic carbocycles. The van der Waals surface area contributed by atoms with Crippen molar-refractivity contribution in [1.82, 2.24) is 4.98 Å². The number of hydrogen-bond donors (Lipinski definition) is 2. The van der Waals surface area contributed by atoms with Crippen molar-refractivity contribution in [2.45, 2.75) is 0 Å². The molecule has 0 amide bonds. The van der Waals surface area contributed by atoms with E-state index in [4.69, 9.17) is 5.41 Å². The van der Waals surface area contributed by atoms with E-state index < -0.39 is 0 Å². The first kappa shape index (κ1) is 11.1. The van der Waals surface area contributed by atoms with Crippen molar-refractivity contribution >= 4 is 30.6 Å². The molecule has 0 saturated heterocycles. The van der Waals surface area contributed by atoms with Gasteiger partial charge in [0.15, 0.2) is 0 Å². The van der Waals surface area contributed by atoms with Gasteiger partial charge in [-0.3, -0.25) is 0 Å². The van der Waals surface area contributed by atoms with Gasteiger partial charge in [0.2, 0.25) is 0 Å². The Hall–Kier alpha value is -0.0200. The summed E-state index contributed by atoms with van der Waals surface area (Å²) in [6.07, 6.45) is 5.15. The number of nitrogens with zero attached hydrogens (tertiary/aromatic N) is 1. The minimum atomic E-state index is -0.0279. The molecule has 5 heteroatoms. The van der Waals surface area contributed by atoms with Crippen LogP contribution in [0, 0.1) is 5.41 Å². The average Bonchev–Trinajstić information content (AvgIpc) is 2.21. The molecule has 0 saturated carbocycles. The fourth-order valence-electron chi connectivity index (χ4n) is 0.732. The number of hydrogen-bond acceptors (Lipinski definition) is 2. The summed E-state index contributed by atoms with van der Waals surface area (Å²) >= 11 is 2.31. The first-order valence-electron chi connectivity index (χ1n) is 3.59. The number of aromatic nitrogens is 1. The van der Waals surface area contributed by atoms with Gasteiger partial charge in [-0.05, 0) is 0 Å². The van der Waals surface area contributed by atoms with Crippen molar-refractivity contribution in [2.75, 3.05) is 0 Å². The predicted octanol–water partition coefficient (Wildman–Crippen LogP) is -1.79. The van der Waals surface area contributed by atoms with Gasteiger partial charge in [0, 0.05) is 0 Å². The van der Waals surface area contributed by atoms with Crippen molar-refractivity contribution in [3.05, 3.63) is 34.2 Å². The second kappa shape index (κ2) is 6.44. The van der Waals surface area contributed by atoms with Crippen LogP contribution < -0.4 is 22.5 Å². The minimum absolute atomic E-state index is 0.0279. The first-order chi connectivity index (χ1) is 6.36. The van der Waals surface area contributed by atoms with E-state index >= 15 is 0 Å². The standard InChI is InChI=1S/C8H8I2N3/c9-10-7(5-11)6-13-8-3-1-2-4-12-8/h1-6,11H,(H,12,13)/q-1/p+1. The third-order valence-corrected chi connectivity index (χ3v) is 5.62. The molecule has 1 aromatic rings. The summed E-state index contributed by atoms with van der Waals surface area (Å²) < 4.78 is 1.10. The Morgan fingerprint density at radius 1 is 1.62 bits per heavy atom. The molecule has 0 bridgehead atoms. The van der Waals surface area contributed by atoms with Crippen LogP contribution in [0.2, 0.25) is 0 Å². The molecule has 70 valence electrons. The third kappa shape index (κ3) is 4.14. The Morgan fingerprint density at radius 2 is 2.46 bits per heavy atom. The zero-order valence-corrected chi connectivity index (χ0v) is 11.1. The molecule has 0 aliphatic rings. The van der Waals surface area contributed by atoms with E-state index in [1.165, 1.54) is 6.21 Å². The van der Waals surface area contributed by atoms with Crippen LogP contribution in [0.1, 0.15) is 0 Å². The van der Waals surface area contributed by atoms with E-state index in [-0.39, 0.29) is 17.2 Å². The molecular weight excluding hydrogens is 392 g/mol. The molecule has 0 aliphatic heterocycles. The van der Waals surface area contributed by atoms with E-state index in [9.17, 15) is 0 Å². The van der Waals surface area contributed by atoms with Crippen LogP contribution in [0.4, 0.5) is 5.82 Å². The summed E-state index contributed by atoms with van der Waals surface area (Å²) in [5.41, 5.74) is 0. The topological polar surface area (TPSA) is 53.4 Å². The van der Waals surface area contributed by atoms with Crippen LogP contribution in [0.15, 0.2) is 34.2 Å². The number of nitrogens with one attached hydrogen (secondary N) is 1. The molecule has 0 unspecified atom stereocenters. The van der Waals surface area contributed by atoms with Crippen LogP contribution in [-0.2, 0) is 0 Å². The van der Waals surface area contributed by atoms with Crippen LogP contribution in [-0.4, -0.2) is 11.2 Å². The van der Waals surface area contributed by atoms with Crippen LogP contribution in [0.25, 0.3) is 0 Å². The second-order valence-corrected chi connectivity index (χ2v) is 6.58. The molecular formula is C8H9I2N3. The maximum atomic E-state index is 7.11. The quantitative estimate of drug-likeness (QED) is 0.455. The van der Waals surface area contributed by atoms with E-state index in [1.54, 1.807) is 6.20 Å². The Bertz CT molecular complexity index is 298. The number of allylic oxidation sites excluding steroid dienone is 1. The van der Waals surface area contributed by atoms with Crippen molar-refractivity contribution in [1.29, 1.82) is 5.41 Å². The molecule has 0 spiro atoms. The van der Waals surface area contributed by atoms with Crippen molar-refractivity contribution in [2.24, 2.45) is 0 Å². The summed E-state index contributed by atoms with van der Waals surface area (Å²) in [6, 6.07) is 5.79. The second-order valence-electron chi connectivity index (χ2n) is 2.19. The maximum absolute atomic E-state index is 7.11. The molecule has 13 heavy (non-hydrogen) atoms. The summed E-state index contributed by atoms with van der Waals surface area (Å²) in [5.74, 6) is 0.940. The van der Waals surface area contributed by atoms with Gasteiger partial charge in [-0.15, -0.1) is 0 Å². The Morgan fingerprint density at radius 3 is 3.00 bits per heavy atom. The Labute approximate surface area is 97.0 Å². The summed E-state index contributed by atoms with van der Waals surface area (Å²) in [6.45, 7) is 0. The van der Waals surface area contributed by atoms with Gasteiger partial charge in [0.25, 0.3) is 0 Å². The van der Waals surface area contributed by atoms with Crippen LogP contribution >= 0.6 is 18.6 Å². The zero-order chi connectivity index (χ0) is 9.52. The monoisotopic (exact) mass is 401 g/mol. The Kier molecular flexibility index (Phi) is 5.47. The van der Waals surface area contributed by atoms with E-state index in [0.29, 0.717) is 0 Å². The van der Waals surface area contributed by atoms with Crippen molar-refractivity contribution in [3.8, 4) is 0 Å². The number of nitrogens with two attached hydrogens (primary N) is 1. The summed E-state index contributed by atoms with van der Waals surface area (Å²) in [5, 5.41) is 9.06. The van der Waals surface area contributed by atoms with Gasteiger partial charge in [-0.25, -0.2) is 0 Å². The summed E-state index contributed by atoms with van der Waals surface area (Å²) in [7, 11) is 0. The van der Waals surface area contributed by atoms with Gasteiger partial charge in [-0.1, -0.05) is 0 Å². The van der Waals surface area contributed by atoms with Crippen molar-refractivity contribution in [3.63, 3.8) is 0 Å². The van der Waals surface area contributed by atoms with Gasteiger partial charge in [0.05, 0.1) is 0 Å². The van der Waals surface area contributed by atoms with E-state index in [0.717, 1.165) is 9.40 Å². The molecule has 1 rings (SSSR count). The van der Waals surface area contributed by atoms with Gasteiger partial charge >= 0.3 is 97.8 Å². The molecule has 0 aliphatic carbocycles. The molecule has 0 fully saturated rings. The SMILES string of the molecule is N=CC(=C[NH2+]c1ccccn1)[I-]I. The number of halogens is 2. The molecule has 1 aromatic heterocycles. The molecule has 3 N–H and O–H groups in total. The fourth-order valence-corrected chi connectivity index (χ4v) is 2.87. The first-order valence-corrected chi connectivity index (χ1v) is 11.0. The predicted molar refractivity (Wildman–Crippen MR) is 56.7 cm³/mol. The number of quaternary nitrogens is 1. The van der Waals surface area contributed by atoms with E-state index in [2.05, 4.69) is 23.6 Å². The number of rotatable bonds is 4. The van der Waals surface area contributed by atoms with E-state index in [1.807, 2.05) is 29.7 Å². The summed E-state index contributed by atoms with van der Waals surface area (Å²) in [4.78, 5) is 4.15. The molecule has 1 heterocycles. The molecule has 3 nitrogen and oxygen atoms in total. The number of pyridine rings is 1.